The topological polar surface area (TPSA) is 29.1 Å². The highest BCUT2D eigenvalue weighted by Gasteiger charge is 2.11. The van der Waals surface area contributed by atoms with Gasteiger partial charge in [-0.25, -0.2) is 0 Å². The Morgan fingerprint density at radius 3 is 2.23 bits per heavy atom. The van der Waals surface area contributed by atoms with Crippen LogP contribution < -0.4 is 5.32 Å². The second-order valence-electron chi connectivity index (χ2n) is 3.97. The second-order valence-corrected chi connectivity index (χ2v) is 3.97. The van der Waals surface area contributed by atoms with E-state index in [0.717, 1.165) is 0 Å². The Hall–Kier alpha value is -0.530. The third kappa shape index (κ3) is 4.91. The van der Waals surface area contributed by atoms with Gasteiger partial charge in [-0.15, -0.1) is 0 Å². The number of nitrogens with one attached hydrogen (secondary N) is 1. The van der Waals surface area contributed by atoms with E-state index < -0.39 is 0 Å². The van der Waals surface area contributed by atoms with E-state index in [1.54, 1.807) is 6.92 Å². The van der Waals surface area contributed by atoms with Gasteiger partial charge in [-0.2, -0.15) is 0 Å². The van der Waals surface area contributed by atoms with Crippen LogP contribution in [0.3, 0.4) is 0 Å². The fourth-order valence-corrected chi connectivity index (χ4v) is 1.89. The molecule has 0 aliphatic heterocycles. The Kier molecular flexibility index (Phi) is 4.87. The zero-order valence-corrected chi connectivity index (χ0v) is 8.51. The number of amides is 1. The minimum absolute atomic E-state index is 0.0575. The van der Waals surface area contributed by atoms with E-state index in [1.807, 2.05) is 6.54 Å². The maximum absolute atomic E-state index is 10.7. The van der Waals surface area contributed by atoms with E-state index >= 15 is 0 Å². The first-order valence-electron chi connectivity index (χ1n) is 5.39. The summed E-state index contributed by atoms with van der Waals surface area (Å²) in [6.45, 7) is 3.56. The van der Waals surface area contributed by atoms with Gasteiger partial charge in [0.05, 0.1) is 6.54 Å². The lowest BCUT2D eigenvalue weighted by Crippen LogP contribution is -2.22. The summed E-state index contributed by atoms with van der Waals surface area (Å²) < 4.78 is 0. The van der Waals surface area contributed by atoms with Crippen LogP contribution in [0.4, 0.5) is 0 Å². The maximum Gasteiger partial charge on any atom is 0.217 e. The summed E-state index contributed by atoms with van der Waals surface area (Å²) in [5.41, 5.74) is 0. The molecule has 1 saturated carbocycles. The molecule has 0 heterocycles. The monoisotopic (exact) mass is 182 g/mol. The Morgan fingerprint density at radius 1 is 1.15 bits per heavy atom. The lowest BCUT2D eigenvalue weighted by Gasteiger charge is -2.18. The average molecular weight is 182 g/mol. The molecule has 2 heteroatoms. The standard InChI is InChI=1S/C11H20NO/c1-10(13)12-9-11-7-5-3-2-4-6-8-11/h9,11H,2-8H2,1H3,(H,12,13). The second kappa shape index (κ2) is 6.01. The van der Waals surface area contributed by atoms with Gasteiger partial charge in [0.25, 0.3) is 0 Å². The van der Waals surface area contributed by atoms with Crippen molar-refractivity contribution < 1.29 is 4.79 Å². The predicted molar refractivity (Wildman–Crippen MR) is 53.9 cm³/mol. The molecule has 1 fully saturated rings. The van der Waals surface area contributed by atoms with Crippen molar-refractivity contribution in [2.24, 2.45) is 5.92 Å². The van der Waals surface area contributed by atoms with Crippen LogP contribution in [0.1, 0.15) is 51.9 Å². The Balaban J connectivity index is 2.17. The molecule has 0 spiro atoms. The Labute approximate surface area is 81.1 Å². The van der Waals surface area contributed by atoms with Crippen LogP contribution in [0.2, 0.25) is 0 Å². The van der Waals surface area contributed by atoms with Crippen molar-refractivity contribution in [3.8, 4) is 0 Å². The predicted octanol–water partition coefficient (Wildman–Crippen LogP) is 2.64. The van der Waals surface area contributed by atoms with Gasteiger partial charge >= 0.3 is 0 Å². The molecule has 1 aliphatic rings. The normalized spacial score (nSPS) is 20.4. The van der Waals surface area contributed by atoms with Gasteiger partial charge in [0.15, 0.2) is 0 Å². The zero-order chi connectivity index (χ0) is 9.52. The number of carbonyl (C=O) groups excluding carboxylic acids is 1. The van der Waals surface area contributed by atoms with E-state index in [4.69, 9.17) is 0 Å². The molecule has 0 bridgehead atoms. The molecule has 2 nitrogen and oxygen atoms in total. The van der Waals surface area contributed by atoms with Crippen molar-refractivity contribution in [1.82, 2.24) is 5.32 Å². The van der Waals surface area contributed by atoms with Crippen molar-refractivity contribution in [1.29, 1.82) is 0 Å². The number of carbonyl (C=O) groups is 1. The highest BCUT2D eigenvalue weighted by Crippen LogP contribution is 2.23. The van der Waals surface area contributed by atoms with Crippen molar-refractivity contribution in [3.05, 3.63) is 6.54 Å². The molecule has 1 aliphatic carbocycles. The number of hydrogen-bond donors (Lipinski definition) is 1. The summed E-state index contributed by atoms with van der Waals surface area (Å²) >= 11 is 0. The SMILES string of the molecule is CC(=O)N[CH]C1CCCCCCC1. The lowest BCUT2D eigenvalue weighted by molar-refractivity contribution is -0.118. The van der Waals surface area contributed by atoms with Crippen LogP contribution in [0.25, 0.3) is 0 Å². The summed E-state index contributed by atoms with van der Waals surface area (Å²) in [5.74, 6) is 0.672. The van der Waals surface area contributed by atoms with Crippen molar-refractivity contribution in [2.75, 3.05) is 0 Å². The third-order valence-electron chi connectivity index (χ3n) is 2.67. The van der Waals surface area contributed by atoms with E-state index in [2.05, 4.69) is 5.32 Å². The molecule has 1 rings (SSSR count). The molecular weight excluding hydrogens is 162 g/mol. The molecule has 0 saturated heterocycles. The third-order valence-corrected chi connectivity index (χ3v) is 2.67. The van der Waals surface area contributed by atoms with Gasteiger partial charge in [-0.05, 0) is 18.8 Å². The van der Waals surface area contributed by atoms with E-state index in [0.29, 0.717) is 5.92 Å². The van der Waals surface area contributed by atoms with Crippen LogP contribution in [0, 0.1) is 12.5 Å². The molecule has 75 valence electrons. The smallest absolute Gasteiger partial charge is 0.217 e. The molecule has 1 N–H and O–H groups in total. The highest BCUT2D eigenvalue weighted by molar-refractivity contribution is 5.73. The first-order valence-corrected chi connectivity index (χ1v) is 5.39. The van der Waals surface area contributed by atoms with Gasteiger partial charge < -0.3 is 5.32 Å². The van der Waals surface area contributed by atoms with Gasteiger partial charge in [-0.1, -0.05) is 32.1 Å². The van der Waals surface area contributed by atoms with Gasteiger partial charge in [0.2, 0.25) is 5.91 Å². The molecule has 0 atom stereocenters. The number of hydrogen-bond acceptors (Lipinski definition) is 1. The molecule has 0 aromatic carbocycles. The molecule has 1 amide bonds. The minimum Gasteiger partial charge on any atom is -0.351 e. The fraction of sp³-hybridized carbons (Fsp3) is 0.818. The molecule has 0 aromatic rings. The molecular formula is C11H20NO. The Bertz CT molecular complexity index is 148. The molecule has 1 radical (unpaired) electrons. The van der Waals surface area contributed by atoms with Crippen LogP contribution >= 0.6 is 0 Å². The van der Waals surface area contributed by atoms with E-state index in [-0.39, 0.29) is 5.91 Å². The highest BCUT2D eigenvalue weighted by atomic mass is 16.1. The lowest BCUT2D eigenvalue weighted by atomic mass is 9.91. The summed E-state index contributed by atoms with van der Waals surface area (Å²) in [6, 6.07) is 0. The largest absolute Gasteiger partial charge is 0.351 e. The maximum atomic E-state index is 10.7. The quantitative estimate of drug-likeness (QED) is 0.699. The zero-order valence-electron chi connectivity index (χ0n) is 8.51. The van der Waals surface area contributed by atoms with Crippen molar-refractivity contribution >= 4 is 5.91 Å². The average Bonchev–Trinajstić information content (AvgIpc) is 2.01. The van der Waals surface area contributed by atoms with Crippen molar-refractivity contribution in [3.63, 3.8) is 0 Å². The van der Waals surface area contributed by atoms with E-state index in [1.165, 1.54) is 44.9 Å². The van der Waals surface area contributed by atoms with Gasteiger partial charge in [0, 0.05) is 6.92 Å². The first kappa shape index (κ1) is 10.6. The van der Waals surface area contributed by atoms with E-state index in [9.17, 15) is 4.79 Å². The first-order chi connectivity index (χ1) is 6.29. The minimum atomic E-state index is 0.0575. The molecule has 13 heavy (non-hydrogen) atoms. The van der Waals surface area contributed by atoms with Crippen LogP contribution in [0.5, 0.6) is 0 Å². The molecule has 0 unspecified atom stereocenters. The van der Waals surface area contributed by atoms with Gasteiger partial charge in [0.1, 0.15) is 0 Å². The summed E-state index contributed by atoms with van der Waals surface area (Å²) in [5, 5.41) is 2.80. The van der Waals surface area contributed by atoms with Crippen LogP contribution in [-0.4, -0.2) is 5.91 Å². The fourth-order valence-electron chi connectivity index (χ4n) is 1.89. The number of rotatable bonds is 2. The molecule has 0 aromatic heterocycles. The Morgan fingerprint density at radius 2 is 1.69 bits per heavy atom. The van der Waals surface area contributed by atoms with Gasteiger partial charge in [-0.3, -0.25) is 4.79 Å². The summed E-state index contributed by atoms with van der Waals surface area (Å²) in [7, 11) is 0. The summed E-state index contributed by atoms with van der Waals surface area (Å²) in [4.78, 5) is 10.7. The summed E-state index contributed by atoms with van der Waals surface area (Å²) in [6.07, 6.45) is 9.27. The van der Waals surface area contributed by atoms with Crippen molar-refractivity contribution in [2.45, 2.75) is 51.9 Å². The van der Waals surface area contributed by atoms with Crippen LogP contribution in [0.15, 0.2) is 0 Å². The van der Waals surface area contributed by atoms with Crippen LogP contribution in [-0.2, 0) is 4.79 Å².